The standard InChI is InChI=1S/C22H25ClN2O4/c1-15(26)24-21(16-7-9-17(23)10-8-16)13-22(27)25-18-4-2-5-19(12-18)29-14-20-6-3-11-28-20/h2,4-5,7-10,12,20-21H,3,6,11,13-14H2,1H3,(H,24,26)(H,25,27). The Balaban J connectivity index is 1.59. The summed E-state index contributed by atoms with van der Waals surface area (Å²) in [6.07, 6.45) is 2.30. The minimum atomic E-state index is -0.441. The third kappa shape index (κ3) is 6.76. The van der Waals surface area contributed by atoms with E-state index in [-0.39, 0.29) is 24.3 Å². The first-order chi connectivity index (χ1) is 14.0. The molecule has 0 aliphatic carbocycles. The molecule has 0 saturated carbocycles. The zero-order chi connectivity index (χ0) is 20.6. The Morgan fingerprint density at radius 3 is 2.72 bits per heavy atom. The normalized spacial score (nSPS) is 16.8. The molecular formula is C22H25ClN2O4. The molecule has 1 heterocycles. The molecule has 154 valence electrons. The number of hydrogen-bond acceptors (Lipinski definition) is 4. The molecule has 2 unspecified atom stereocenters. The number of halogens is 1. The zero-order valence-corrected chi connectivity index (χ0v) is 17.1. The molecule has 0 radical (unpaired) electrons. The first kappa shape index (κ1) is 21.1. The Hall–Kier alpha value is -2.57. The minimum Gasteiger partial charge on any atom is -0.491 e. The van der Waals surface area contributed by atoms with Crippen molar-refractivity contribution in [3.63, 3.8) is 0 Å². The van der Waals surface area contributed by atoms with E-state index < -0.39 is 6.04 Å². The smallest absolute Gasteiger partial charge is 0.226 e. The number of ether oxygens (including phenoxy) is 2. The predicted molar refractivity (Wildman–Crippen MR) is 112 cm³/mol. The van der Waals surface area contributed by atoms with E-state index in [2.05, 4.69) is 10.6 Å². The van der Waals surface area contributed by atoms with Crippen LogP contribution in [0, 0.1) is 0 Å². The average Bonchev–Trinajstić information content (AvgIpc) is 3.20. The monoisotopic (exact) mass is 416 g/mol. The molecule has 2 amide bonds. The van der Waals surface area contributed by atoms with Gasteiger partial charge in [0.05, 0.1) is 18.6 Å². The second-order valence-corrected chi connectivity index (χ2v) is 7.47. The molecule has 2 aromatic rings. The highest BCUT2D eigenvalue weighted by Crippen LogP contribution is 2.22. The van der Waals surface area contributed by atoms with Crippen molar-refractivity contribution in [3.05, 3.63) is 59.1 Å². The Kier molecular flexibility index (Phi) is 7.49. The molecule has 2 atom stereocenters. The summed E-state index contributed by atoms with van der Waals surface area (Å²) in [4.78, 5) is 24.1. The zero-order valence-electron chi connectivity index (χ0n) is 16.3. The lowest BCUT2D eigenvalue weighted by atomic mass is 10.0. The summed E-state index contributed by atoms with van der Waals surface area (Å²) >= 11 is 5.93. The van der Waals surface area contributed by atoms with Gasteiger partial charge in [-0.05, 0) is 42.7 Å². The van der Waals surface area contributed by atoms with E-state index in [0.29, 0.717) is 23.1 Å². The van der Waals surface area contributed by atoms with Crippen molar-refractivity contribution >= 4 is 29.1 Å². The van der Waals surface area contributed by atoms with E-state index >= 15 is 0 Å². The number of amides is 2. The topological polar surface area (TPSA) is 76.7 Å². The molecule has 0 spiro atoms. The summed E-state index contributed by atoms with van der Waals surface area (Å²) < 4.78 is 11.3. The second-order valence-electron chi connectivity index (χ2n) is 7.03. The van der Waals surface area contributed by atoms with Gasteiger partial charge in [0.25, 0.3) is 0 Å². The van der Waals surface area contributed by atoms with Crippen molar-refractivity contribution in [1.82, 2.24) is 5.32 Å². The molecule has 0 aromatic heterocycles. The fourth-order valence-corrected chi connectivity index (χ4v) is 3.34. The number of benzene rings is 2. The number of hydrogen-bond donors (Lipinski definition) is 2. The van der Waals surface area contributed by atoms with E-state index in [4.69, 9.17) is 21.1 Å². The molecule has 1 aliphatic heterocycles. The Labute approximate surface area is 175 Å². The Morgan fingerprint density at radius 1 is 1.24 bits per heavy atom. The van der Waals surface area contributed by atoms with Crippen LogP contribution in [0.5, 0.6) is 5.75 Å². The van der Waals surface area contributed by atoms with Crippen LogP contribution in [0.4, 0.5) is 5.69 Å². The number of carbonyl (C=O) groups excluding carboxylic acids is 2. The van der Waals surface area contributed by atoms with Crippen molar-refractivity contribution < 1.29 is 19.1 Å². The van der Waals surface area contributed by atoms with E-state index in [1.54, 1.807) is 36.4 Å². The summed E-state index contributed by atoms with van der Waals surface area (Å²) in [5.74, 6) is 0.256. The minimum absolute atomic E-state index is 0.0994. The van der Waals surface area contributed by atoms with Crippen LogP contribution in [0.2, 0.25) is 5.02 Å². The maximum atomic E-state index is 12.6. The van der Waals surface area contributed by atoms with Crippen LogP contribution in [0.15, 0.2) is 48.5 Å². The van der Waals surface area contributed by atoms with Gasteiger partial charge in [-0.3, -0.25) is 9.59 Å². The van der Waals surface area contributed by atoms with Crippen molar-refractivity contribution in [2.45, 2.75) is 38.3 Å². The third-order valence-corrected chi connectivity index (χ3v) is 4.87. The molecule has 0 bridgehead atoms. The molecule has 1 aliphatic rings. The third-order valence-electron chi connectivity index (χ3n) is 4.62. The predicted octanol–water partition coefficient (Wildman–Crippen LogP) is 4.10. The van der Waals surface area contributed by atoms with E-state index in [1.807, 2.05) is 12.1 Å². The van der Waals surface area contributed by atoms with Crippen LogP contribution in [0.25, 0.3) is 0 Å². The summed E-state index contributed by atoms with van der Waals surface area (Å²) in [5.41, 5.74) is 1.45. The van der Waals surface area contributed by atoms with Crippen LogP contribution >= 0.6 is 11.6 Å². The molecule has 29 heavy (non-hydrogen) atoms. The van der Waals surface area contributed by atoms with E-state index in [0.717, 1.165) is 25.0 Å². The molecular weight excluding hydrogens is 392 g/mol. The first-order valence-electron chi connectivity index (χ1n) is 9.66. The highest BCUT2D eigenvalue weighted by molar-refractivity contribution is 6.30. The summed E-state index contributed by atoms with van der Waals surface area (Å²) in [7, 11) is 0. The van der Waals surface area contributed by atoms with Crippen molar-refractivity contribution in [1.29, 1.82) is 0 Å². The van der Waals surface area contributed by atoms with Crippen LogP contribution in [0.1, 0.15) is 37.8 Å². The van der Waals surface area contributed by atoms with Crippen LogP contribution < -0.4 is 15.4 Å². The molecule has 1 saturated heterocycles. The van der Waals surface area contributed by atoms with E-state index in [1.165, 1.54) is 6.92 Å². The van der Waals surface area contributed by atoms with Gasteiger partial charge in [-0.2, -0.15) is 0 Å². The van der Waals surface area contributed by atoms with E-state index in [9.17, 15) is 9.59 Å². The lowest BCUT2D eigenvalue weighted by molar-refractivity contribution is -0.120. The maximum Gasteiger partial charge on any atom is 0.226 e. The highest BCUT2D eigenvalue weighted by Gasteiger charge is 2.18. The van der Waals surface area contributed by atoms with Gasteiger partial charge in [0, 0.05) is 30.3 Å². The Bertz CT molecular complexity index is 835. The number of carbonyl (C=O) groups is 2. The summed E-state index contributed by atoms with van der Waals surface area (Å²) in [6, 6.07) is 13.9. The average molecular weight is 417 g/mol. The maximum absolute atomic E-state index is 12.6. The SMILES string of the molecule is CC(=O)NC(CC(=O)Nc1cccc(OCC2CCCO2)c1)c1ccc(Cl)cc1. The largest absolute Gasteiger partial charge is 0.491 e. The first-order valence-corrected chi connectivity index (χ1v) is 10.0. The summed E-state index contributed by atoms with van der Waals surface area (Å²) in [6.45, 7) is 2.71. The molecule has 3 rings (SSSR count). The lowest BCUT2D eigenvalue weighted by Gasteiger charge is -2.18. The van der Waals surface area contributed by atoms with Gasteiger partial charge in [0.2, 0.25) is 11.8 Å². The van der Waals surface area contributed by atoms with Crippen molar-refractivity contribution in [2.24, 2.45) is 0 Å². The number of anilines is 1. The van der Waals surface area contributed by atoms with Gasteiger partial charge in [0.15, 0.2) is 0 Å². The molecule has 1 fully saturated rings. The van der Waals surface area contributed by atoms with Gasteiger partial charge in [0.1, 0.15) is 12.4 Å². The lowest BCUT2D eigenvalue weighted by Crippen LogP contribution is -2.29. The van der Waals surface area contributed by atoms with Gasteiger partial charge in [-0.1, -0.05) is 29.8 Å². The fourth-order valence-electron chi connectivity index (χ4n) is 3.22. The Morgan fingerprint density at radius 2 is 2.03 bits per heavy atom. The quantitative estimate of drug-likeness (QED) is 0.679. The van der Waals surface area contributed by atoms with Gasteiger partial charge in [-0.15, -0.1) is 0 Å². The highest BCUT2D eigenvalue weighted by atomic mass is 35.5. The van der Waals surface area contributed by atoms with Crippen LogP contribution in [0.3, 0.4) is 0 Å². The molecule has 2 N–H and O–H groups in total. The molecule has 7 heteroatoms. The molecule has 6 nitrogen and oxygen atoms in total. The van der Waals surface area contributed by atoms with Crippen molar-refractivity contribution in [2.75, 3.05) is 18.5 Å². The fraction of sp³-hybridized carbons (Fsp3) is 0.364. The number of rotatable bonds is 8. The van der Waals surface area contributed by atoms with Crippen LogP contribution in [-0.2, 0) is 14.3 Å². The van der Waals surface area contributed by atoms with Gasteiger partial charge < -0.3 is 20.1 Å². The second kappa shape index (κ2) is 10.3. The van der Waals surface area contributed by atoms with Gasteiger partial charge in [-0.25, -0.2) is 0 Å². The molecule has 2 aromatic carbocycles. The number of nitrogens with one attached hydrogen (secondary N) is 2. The van der Waals surface area contributed by atoms with Crippen molar-refractivity contribution in [3.8, 4) is 5.75 Å². The van der Waals surface area contributed by atoms with Gasteiger partial charge >= 0.3 is 0 Å². The summed E-state index contributed by atoms with van der Waals surface area (Å²) in [5, 5.41) is 6.28. The van der Waals surface area contributed by atoms with Crippen LogP contribution in [-0.4, -0.2) is 31.1 Å².